The minimum absolute atomic E-state index is 0.0447. The molecule has 2 aromatic rings. The molecule has 0 spiro atoms. The summed E-state index contributed by atoms with van der Waals surface area (Å²) in [4.78, 5) is 40.2. The summed E-state index contributed by atoms with van der Waals surface area (Å²) in [6.07, 6.45) is -6.12. The average Bonchev–Trinajstić information content (AvgIpc) is 2.90. The highest BCUT2D eigenvalue weighted by atomic mass is 32.2. The van der Waals surface area contributed by atoms with E-state index < -0.39 is 105 Å². The van der Waals surface area contributed by atoms with Crippen LogP contribution in [0.3, 0.4) is 0 Å². The second kappa shape index (κ2) is 10.4. The van der Waals surface area contributed by atoms with Crippen LogP contribution in [0.1, 0.15) is 68.8 Å². The number of aliphatic hydroxyl groups excluding tert-OH is 1. The monoisotopic (exact) mass is 607 g/mol. The number of ketones is 3. The number of ether oxygens (including phenoxy) is 3. The minimum Gasteiger partial charge on any atom is -0.507 e. The van der Waals surface area contributed by atoms with Crippen molar-refractivity contribution >= 4 is 27.5 Å². The van der Waals surface area contributed by atoms with Crippen LogP contribution < -0.4 is 10.5 Å². The van der Waals surface area contributed by atoms with Gasteiger partial charge in [-0.05, 0) is 13.0 Å². The first-order valence-electron chi connectivity index (χ1n) is 12.9. The Bertz CT molecular complexity index is 1610. The summed E-state index contributed by atoms with van der Waals surface area (Å²) in [5.41, 5.74) is 1.40. The average molecular weight is 608 g/mol. The second-order valence-corrected chi connectivity index (χ2v) is 12.2. The van der Waals surface area contributed by atoms with Gasteiger partial charge in [-0.1, -0.05) is 12.1 Å². The Morgan fingerprint density at radius 3 is 2.43 bits per heavy atom. The summed E-state index contributed by atoms with van der Waals surface area (Å²) in [5.74, 6) is -6.07. The van der Waals surface area contributed by atoms with E-state index in [0.29, 0.717) is 0 Å². The number of aliphatic hydroxyl groups is 2. The van der Waals surface area contributed by atoms with E-state index in [-0.39, 0.29) is 34.4 Å². The first-order valence-corrected chi connectivity index (χ1v) is 14.5. The lowest BCUT2D eigenvalue weighted by Gasteiger charge is -2.42. The molecule has 2 aromatic carbocycles. The largest absolute Gasteiger partial charge is 0.507 e. The van der Waals surface area contributed by atoms with Crippen LogP contribution in [0, 0.1) is 0 Å². The van der Waals surface area contributed by atoms with Crippen molar-refractivity contribution in [1.29, 1.82) is 0 Å². The van der Waals surface area contributed by atoms with Gasteiger partial charge in [0.05, 0.1) is 42.1 Å². The Morgan fingerprint density at radius 1 is 1.14 bits per heavy atom. The summed E-state index contributed by atoms with van der Waals surface area (Å²) in [5, 5.41) is 44.4. The van der Waals surface area contributed by atoms with E-state index in [1.54, 1.807) is 0 Å². The van der Waals surface area contributed by atoms with Crippen LogP contribution in [-0.2, 0) is 30.8 Å². The number of aromatic hydroxyl groups is 2. The second-order valence-electron chi connectivity index (χ2n) is 10.7. The Morgan fingerprint density at radius 2 is 1.81 bits per heavy atom. The van der Waals surface area contributed by atoms with Crippen LogP contribution in [0.25, 0.3) is 0 Å². The van der Waals surface area contributed by atoms with Crippen LogP contribution in [0.15, 0.2) is 18.2 Å². The summed E-state index contributed by atoms with van der Waals surface area (Å²) in [6.45, 7) is 1.52. The number of hydrogen-bond donors (Lipinski definition) is 6. The zero-order valence-corrected chi connectivity index (χ0v) is 23.3. The zero-order valence-electron chi connectivity index (χ0n) is 22.4. The first-order chi connectivity index (χ1) is 19.6. The molecule has 3 aliphatic rings. The molecule has 1 saturated heterocycles. The van der Waals surface area contributed by atoms with Crippen molar-refractivity contribution in [1.82, 2.24) is 0 Å². The van der Waals surface area contributed by atoms with Crippen LogP contribution in [-0.4, -0.2) is 93.7 Å². The molecule has 0 bridgehead atoms. The molecule has 0 amide bonds. The van der Waals surface area contributed by atoms with Gasteiger partial charge < -0.3 is 40.4 Å². The van der Waals surface area contributed by atoms with Crippen LogP contribution in [0.5, 0.6) is 17.2 Å². The van der Waals surface area contributed by atoms with Gasteiger partial charge in [0.2, 0.25) is 5.78 Å². The van der Waals surface area contributed by atoms with Crippen molar-refractivity contribution in [3.8, 4) is 17.2 Å². The number of nitrogens with two attached hydrogens (primary N) is 1. The van der Waals surface area contributed by atoms with Crippen molar-refractivity contribution in [2.45, 2.75) is 62.4 Å². The zero-order chi connectivity index (χ0) is 30.9. The standard InChI is InChI=1S/C27H29NO13S/c1-10-22(30)13(28)6-17(40-10)41-15-8-27(35,16(29)9-42(36,37)38)7-12-19(15)26(34)21-20(24(12)32)23(31)11-4-3-5-14(39-2)18(11)25(21)33/h3-5,10,13,15,17,22,30,32,34-35H,6-9,28H2,1-2H3,(H,36,37,38)/t10-,13+,15-,17-,22+,27-/m0/s1. The Kier molecular flexibility index (Phi) is 7.42. The van der Waals surface area contributed by atoms with Gasteiger partial charge in [0, 0.05) is 42.0 Å². The highest BCUT2D eigenvalue weighted by molar-refractivity contribution is 7.86. The van der Waals surface area contributed by atoms with Crippen LogP contribution in [0.2, 0.25) is 0 Å². The molecule has 0 unspecified atom stereocenters. The molecule has 0 aromatic heterocycles. The van der Waals surface area contributed by atoms with E-state index in [1.165, 1.54) is 32.2 Å². The van der Waals surface area contributed by atoms with E-state index in [0.717, 1.165) is 0 Å². The maximum absolute atomic E-state index is 13.7. The molecule has 6 atom stereocenters. The van der Waals surface area contributed by atoms with Gasteiger partial charge >= 0.3 is 0 Å². The van der Waals surface area contributed by atoms with Gasteiger partial charge in [-0.2, -0.15) is 8.42 Å². The van der Waals surface area contributed by atoms with Crippen molar-refractivity contribution in [2.75, 3.05) is 12.9 Å². The highest BCUT2D eigenvalue weighted by Gasteiger charge is 2.51. The van der Waals surface area contributed by atoms with Gasteiger partial charge in [0.15, 0.2) is 17.9 Å². The normalized spacial score (nSPS) is 29.0. The van der Waals surface area contributed by atoms with Crippen molar-refractivity contribution in [2.24, 2.45) is 5.73 Å². The van der Waals surface area contributed by atoms with Crippen LogP contribution in [0.4, 0.5) is 0 Å². The van der Waals surface area contributed by atoms with E-state index in [1.807, 2.05) is 0 Å². The van der Waals surface area contributed by atoms with Gasteiger partial charge in [-0.3, -0.25) is 18.9 Å². The van der Waals surface area contributed by atoms with Gasteiger partial charge in [0.1, 0.15) is 28.6 Å². The van der Waals surface area contributed by atoms with Gasteiger partial charge in [0.25, 0.3) is 10.1 Å². The summed E-state index contributed by atoms with van der Waals surface area (Å²) in [6, 6.07) is 3.41. The number of carbonyl (C=O) groups is 3. The summed E-state index contributed by atoms with van der Waals surface area (Å²) >= 11 is 0. The smallest absolute Gasteiger partial charge is 0.272 e. The first kappa shape index (κ1) is 30.0. The van der Waals surface area contributed by atoms with Gasteiger partial charge in [-0.15, -0.1) is 0 Å². The third-order valence-electron chi connectivity index (χ3n) is 7.98. The number of carbonyl (C=O) groups excluding carboxylic acids is 3. The molecular weight excluding hydrogens is 578 g/mol. The summed E-state index contributed by atoms with van der Waals surface area (Å²) in [7, 11) is -3.60. The number of Topliss-reactive ketones (excluding diaryl/α,β-unsaturated/α-hetero) is 1. The Labute approximate surface area is 239 Å². The predicted octanol–water partition coefficient (Wildman–Crippen LogP) is -0.103. The molecule has 0 saturated carbocycles. The minimum atomic E-state index is -4.88. The molecule has 15 heteroatoms. The van der Waals surface area contributed by atoms with E-state index in [4.69, 9.17) is 19.9 Å². The molecule has 1 heterocycles. The Hall–Kier alpha value is -3.44. The van der Waals surface area contributed by atoms with Crippen LogP contribution >= 0.6 is 0 Å². The van der Waals surface area contributed by atoms with E-state index in [2.05, 4.69) is 0 Å². The predicted molar refractivity (Wildman–Crippen MR) is 141 cm³/mol. The number of benzene rings is 2. The highest BCUT2D eigenvalue weighted by Crippen LogP contribution is 2.52. The van der Waals surface area contributed by atoms with Crippen molar-refractivity contribution < 1.29 is 62.0 Å². The molecule has 226 valence electrons. The molecule has 14 nitrogen and oxygen atoms in total. The number of phenols is 2. The van der Waals surface area contributed by atoms with E-state index in [9.17, 15) is 47.8 Å². The molecule has 2 aliphatic carbocycles. The molecule has 0 radical (unpaired) electrons. The molecule has 42 heavy (non-hydrogen) atoms. The fraction of sp³-hybridized carbons (Fsp3) is 0.444. The lowest BCUT2D eigenvalue weighted by molar-refractivity contribution is -0.247. The maximum atomic E-state index is 13.7. The van der Waals surface area contributed by atoms with Crippen molar-refractivity contribution in [3.05, 3.63) is 51.6 Å². The fourth-order valence-electron chi connectivity index (χ4n) is 5.90. The molecule has 1 aliphatic heterocycles. The fourth-order valence-corrected chi connectivity index (χ4v) is 6.50. The Balaban J connectivity index is 1.69. The molecular formula is C27H29NO13S. The number of methoxy groups -OCH3 is 1. The SMILES string of the molecule is COc1cccc2c1C(=O)c1c(O)c3c(c(O)c1C2=O)C[C@@](O)(C(=O)CS(=O)(=O)O)C[C@@H]3O[C@H]1C[C@@H](N)[C@H](O)[C@H](C)O1. The quantitative estimate of drug-likeness (QED) is 0.158. The molecule has 5 rings (SSSR count). The van der Waals surface area contributed by atoms with E-state index >= 15 is 0 Å². The number of hydrogen-bond acceptors (Lipinski definition) is 13. The lowest BCUT2D eigenvalue weighted by Crippen LogP contribution is -2.53. The molecule has 7 N–H and O–H groups in total. The number of rotatable bonds is 6. The lowest BCUT2D eigenvalue weighted by atomic mass is 9.72. The number of fused-ring (bicyclic) bond motifs is 3. The van der Waals surface area contributed by atoms with Gasteiger partial charge in [-0.25, -0.2) is 0 Å². The topological polar surface area (TPSA) is 240 Å². The number of phenolic OH excluding ortho intramolecular Hbond substituents is 2. The molecule has 1 fully saturated rings. The third kappa shape index (κ3) is 4.86. The maximum Gasteiger partial charge on any atom is 0.272 e. The third-order valence-corrected chi connectivity index (χ3v) is 8.60. The summed E-state index contributed by atoms with van der Waals surface area (Å²) < 4.78 is 49.1. The van der Waals surface area contributed by atoms with Crippen molar-refractivity contribution in [3.63, 3.8) is 0 Å².